The van der Waals surface area contributed by atoms with Gasteiger partial charge >= 0.3 is 0 Å². The first-order chi connectivity index (χ1) is 11.7. The zero-order chi connectivity index (χ0) is 16.9. The topological polar surface area (TPSA) is 29.3 Å². The molecule has 0 spiro atoms. The second-order valence-electron chi connectivity index (χ2n) is 5.60. The van der Waals surface area contributed by atoms with E-state index in [-0.39, 0.29) is 0 Å². The standard InChI is InChI=1S/C20H20ClN3/c1-3-12-24-15(2)18(17-9-5-7-11-20(17)24)14-23-22-13-16-8-4-6-10-19(16)21/h3-11,14,22H,1,12-13H2,2H3/b23-14-. The molecule has 3 nitrogen and oxygen atoms in total. The first-order valence-corrected chi connectivity index (χ1v) is 8.28. The van der Waals surface area contributed by atoms with Crippen LogP contribution < -0.4 is 5.43 Å². The minimum absolute atomic E-state index is 0.598. The Morgan fingerprint density at radius 3 is 2.71 bits per heavy atom. The van der Waals surface area contributed by atoms with Gasteiger partial charge in [0.05, 0.1) is 12.8 Å². The molecule has 0 amide bonds. The van der Waals surface area contributed by atoms with Crippen molar-refractivity contribution in [2.24, 2.45) is 5.10 Å². The smallest absolute Gasteiger partial charge is 0.0594 e. The van der Waals surface area contributed by atoms with Crippen molar-refractivity contribution < 1.29 is 0 Å². The number of nitrogens with zero attached hydrogens (tertiary/aromatic N) is 2. The van der Waals surface area contributed by atoms with E-state index in [4.69, 9.17) is 11.6 Å². The predicted molar refractivity (Wildman–Crippen MR) is 103 cm³/mol. The minimum Gasteiger partial charge on any atom is -0.340 e. The summed E-state index contributed by atoms with van der Waals surface area (Å²) in [6.07, 6.45) is 3.80. The molecule has 0 atom stereocenters. The number of aromatic nitrogens is 1. The van der Waals surface area contributed by atoms with Gasteiger partial charge in [0.1, 0.15) is 0 Å². The zero-order valence-corrected chi connectivity index (χ0v) is 14.4. The summed E-state index contributed by atoms with van der Waals surface area (Å²) in [7, 11) is 0. The maximum absolute atomic E-state index is 6.16. The van der Waals surface area contributed by atoms with Crippen molar-refractivity contribution in [3.05, 3.63) is 83.0 Å². The molecule has 0 aliphatic rings. The second-order valence-corrected chi connectivity index (χ2v) is 6.01. The number of hydrogen-bond donors (Lipinski definition) is 1. The summed E-state index contributed by atoms with van der Waals surface area (Å²) < 4.78 is 2.25. The lowest BCUT2D eigenvalue weighted by Gasteiger charge is -2.04. The first-order valence-electron chi connectivity index (χ1n) is 7.90. The van der Waals surface area contributed by atoms with E-state index in [9.17, 15) is 0 Å². The maximum Gasteiger partial charge on any atom is 0.0594 e. The Kier molecular flexibility index (Phi) is 5.02. The lowest BCUT2D eigenvalue weighted by molar-refractivity contribution is 0.748. The van der Waals surface area contributed by atoms with Gasteiger partial charge in [-0.2, -0.15) is 5.10 Å². The van der Waals surface area contributed by atoms with Gasteiger partial charge in [0.15, 0.2) is 0 Å². The van der Waals surface area contributed by atoms with Crippen LogP contribution in [0.2, 0.25) is 5.02 Å². The molecule has 122 valence electrons. The van der Waals surface area contributed by atoms with E-state index in [1.165, 1.54) is 16.6 Å². The van der Waals surface area contributed by atoms with E-state index in [0.717, 1.165) is 22.7 Å². The predicted octanol–water partition coefficient (Wildman–Crippen LogP) is 4.91. The van der Waals surface area contributed by atoms with Gasteiger partial charge < -0.3 is 9.99 Å². The van der Waals surface area contributed by atoms with Crippen molar-refractivity contribution in [1.82, 2.24) is 9.99 Å². The molecule has 0 bridgehead atoms. The Bertz CT molecular complexity index is 893. The summed E-state index contributed by atoms with van der Waals surface area (Å²) >= 11 is 6.16. The van der Waals surface area contributed by atoms with Gasteiger partial charge in [-0.15, -0.1) is 6.58 Å². The van der Waals surface area contributed by atoms with E-state index in [2.05, 4.69) is 52.9 Å². The molecular formula is C20H20ClN3. The van der Waals surface area contributed by atoms with E-state index < -0.39 is 0 Å². The van der Waals surface area contributed by atoms with Crippen LogP contribution in [-0.4, -0.2) is 10.8 Å². The van der Waals surface area contributed by atoms with Crippen LogP contribution >= 0.6 is 11.6 Å². The highest BCUT2D eigenvalue weighted by molar-refractivity contribution is 6.31. The fourth-order valence-corrected chi connectivity index (χ4v) is 3.07. The number of rotatable bonds is 6. The van der Waals surface area contributed by atoms with Gasteiger partial charge in [-0.1, -0.05) is 54.1 Å². The monoisotopic (exact) mass is 337 g/mol. The van der Waals surface area contributed by atoms with Crippen molar-refractivity contribution in [3.8, 4) is 0 Å². The molecular weight excluding hydrogens is 318 g/mol. The van der Waals surface area contributed by atoms with E-state index >= 15 is 0 Å². The molecule has 2 aromatic carbocycles. The number of benzene rings is 2. The molecule has 0 aliphatic heterocycles. The second kappa shape index (κ2) is 7.37. The van der Waals surface area contributed by atoms with Crippen LogP contribution in [0.5, 0.6) is 0 Å². The summed E-state index contributed by atoms with van der Waals surface area (Å²) in [4.78, 5) is 0. The maximum atomic E-state index is 6.16. The third-order valence-electron chi connectivity index (χ3n) is 4.10. The van der Waals surface area contributed by atoms with Crippen molar-refractivity contribution in [2.75, 3.05) is 0 Å². The van der Waals surface area contributed by atoms with Crippen molar-refractivity contribution in [1.29, 1.82) is 0 Å². The van der Waals surface area contributed by atoms with E-state index in [1.54, 1.807) is 0 Å². The molecule has 3 aromatic rings. The van der Waals surface area contributed by atoms with Gasteiger partial charge in [0.2, 0.25) is 0 Å². The molecule has 1 aromatic heterocycles. The van der Waals surface area contributed by atoms with Crippen LogP contribution in [0.4, 0.5) is 0 Å². The zero-order valence-electron chi connectivity index (χ0n) is 13.7. The Morgan fingerprint density at radius 1 is 1.17 bits per heavy atom. The van der Waals surface area contributed by atoms with Crippen LogP contribution in [-0.2, 0) is 13.1 Å². The van der Waals surface area contributed by atoms with Gasteiger partial charge in [-0.25, -0.2) is 0 Å². The molecule has 24 heavy (non-hydrogen) atoms. The highest BCUT2D eigenvalue weighted by atomic mass is 35.5. The highest BCUT2D eigenvalue weighted by Gasteiger charge is 2.11. The van der Waals surface area contributed by atoms with Crippen molar-refractivity contribution in [2.45, 2.75) is 20.0 Å². The van der Waals surface area contributed by atoms with E-state index in [1.807, 2.05) is 36.6 Å². The van der Waals surface area contributed by atoms with E-state index in [0.29, 0.717) is 6.54 Å². The number of para-hydroxylation sites is 1. The molecule has 4 heteroatoms. The largest absolute Gasteiger partial charge is 0.340 e. The summed E-state index contributed by atoms with van der Waals surface area (Å²) in [6, 6.07) is 16.1. The quantitative estimate of drug-likeness (QED) is 0.386. The first kappa shape index (κ1) is 16.3. The number of fused-ring (bicyclic) bond motifs is 1. The molecule has 1 N–H and O–H groups in total. The van der Waals surface area contributed by atoms with Gasteiger partial charge in [0, 0.05) is 33.7 Å². The van der Waals surface area contributed by atoms with Crippen LogP contribution in [0.1, 0.15) is 16.8 Å². The van der Waals surface area contributed by atoms with Crippen LogP contribution in [0, 0.1) is 6.92 Å². The van der Waals surface area contributed by atoms with Crippen LogP contribution in [0.15, 0.2) is 66.3 Å². The number of hydrazone groups is 1. The Hall–Kier alpha value is -2.52. The average molecular weight is 338 g/mol. The fraction of sp³-hybridized carbons (Fsp3) is 0.150. The molecule has 0 radical (unpaired) electrons. The summed E-state index contributed by atoms with van der Waals surface area (Å²) in [5, 5.41) is 6.33. The number of hydrogen-bond acceptors (Lipinski definition) is 2. The summed E-state index contributed by atoms with van der Waals surface area (Å²) in [5.74, 6) is 0. The third kappa shape index (κ3) is 3.22. The minimum atomic E-state index is 0.598. The molecule has 3 rings (SSSR count). The Morgan fingerprint density at radius 2 is 1.92 bits per heavy atom. The summed E-state index contributed by atoms with van der Waals surface area (Å²) in [5.41, 5.74) is 7.61. The van der Waals surface area contributed by atoms with Crippen molar-refractivity contribution in [3.63, 3.8) is 0 Å². The molecule has 0 aliphatic carbocycles. The Balaban J connectivity index is 1.83. The lowest BCUT2D eigenvalue weighted by atomic mass is 10.1. The Labute approximate surface area is 147 Å². The third-order valence-corrected chi connectivity index (χ3v) is 4.47. The van der Waals surface area contributed by atoms with Crippen LogP contribution in [0.3, 0.4) is 0 Å². The molecule has 0 saturated heterocycles. The lowest BCUT2D eigenvalue weighted by Crippen LogP contribution is -2.06. The number of halogens is 1. The number of allylic oxidation sites excluding steroid dienone is 1. The SMILES string of the molecule is C=CCn1c(C)c(/C=N\NCc2ccccc2Cl)c2ccccc21. The van der Waals surface area contributed by atoms with Gasteiger partial charge in [0.25, 0.3) is 0 Å². The average Bonchev–Trinajstić information content (AvgIpc) is 2.86. The molecule has 1 heterocycles. The van der Waals surface area contributed by atoms with Gasteiger partial charge in [-0.05, 0) is 24.6 Å². The molecule has 0 fully saturated rings. The van der Waals surface area contributed by atoms with Crippen molar-refractivity contribution >= 4 is 28.7 Å². The van der Waals surface area contributed by atoms with Crippen LogP contribution in [0.25, 0.3) is 10.9 Å². The highest BCUT2D eigenvalue weighted by Crippen LogP contribution is 2.24. The molecule has 0 unspecified atom stereocenters. The normalized spacial score (nSPS) is 11.2. The summed E-state index contributed by atoms with van der Waals surface area (Å²) in [6.45, 7) is 7.34. The van der Waals surface area contributed by atoms with Gasteiger partial charge in [-0.3, -0.25) is 0 Å². The number of nitrogens with one attached hydrogen (secondary N) is 1. The fourth-order valence-electron chi connectivity index (χ4n) is 2.87. The molecule has 0 saturated carbocycles.